The van der Waals surface area contributed by atoms with E-state index in [1.54, 1.807) is 13.1 Å². The lowest BCUT2D eigenvalue weighted by molar-refractivity contribution is 0.684. The van der Waals surface area contributed by atoms with Crippen LogP contribution < -0.4 is 5.56 Å². The molecule has 3 nitrogen and oxygen atoms in total. The lowest BCUT2D eigenvalue weighted by Gasteiger charge is -2.00. The highest BCUT2D eigenvalue weighted by atomic mass is 35.5. The number of aromatic nitrogens is 2. The van der Waals surface area contributed by atoms with Gasteiger partial charge in [0.1, 0.15) is 0 Å². The molecule has 0 bridgehead atoms. The van der Waals surface area contributed by atoms with Crippen molar-refractivity contribution in [3.05, 3.63) is 27.7 Å². The minimum atomic E-state index is -0.120. The third-order valence-corrected chi connectivity index (χ3v) is 1.69. The quantitative estimate of drug-likeness (QED) is 0.589. The van der Waals surface area contributed by atoms with Crippen LogP contribution in [0, 0.1) is 6.92 Å². The van der Waals surface area contributed by atoms with E-state index in [0.29, 0.717) is 5.56 Å². The van der Waals surface area contributed by atoms with Crippen molar-refractivity contribution in [2.45, 2.75) is 12.8 Å². The third kappa shape index (κ3) is 1.60. The Morgan fingerprint density at radius 3 is 2.91 bits per heavy atom. The van der Waals surface area contributed by atoms with E-state index < -0.39 is 0 Å². The summed E-state index contributed by atoms with van der Waals surface area (Å²) in [5.74, 6) is 0.246. The van der Waals surface area contributed by atoms with Crippen molar-refractivity contribution in [1.82, 2.24) is 9.78 Å². The Morgan fingerprint density at radius 1 is 1.73 bits per heavy atom. The summed E-state index contributed by atoms with van der Waals surface area (Å²) in [7, 11) is 1.62. The van der Waals surface area contributed by atoms with Gasteiger partial charge in [0.05, 0.1) is 11.6 Å². The molecule has 11 heavy (non-hydrogen) atoms. The standard InChI is InChI=1S/C7H9ClN2O/c1-5-3-6(4-8)7(11)10(2)9-5/h3H,4H2,1-2H3. The van der Waals surface area contributed by atoms with Crippen molar-refractivity contribution in [1.29, 1.82) is 0 Å². The van der Waals surface area contributed by atoms with Crippen LogP contribution in [-0.4, -0.2) is 9.78 Å². The Hall–Kier alpha value is -0.830. The van der Waals surface area contributed by atoms with Gasteiger partial charge in [0.15, 0.2) is 0 Å². The Kier molecular flexibility index (Phi) is 2.29. The van der Waals surface area contributed by atoms with Gasteiger partial charge in [-0.05, 0) is 13.0 Å². The molecular formula is C7H9ClN2O. The van der Waals surface area contributed by atoms with Gasteiger partial charge < -0.3 is 0 Å². The molecule has 0 saturated carbocycles. The number of halogens is 1. The molecular weight excluding hydrogens is 164 g/mol. The van der Waals surface area contributed by atoms with Crippen molar-refractivity contribution in [2.24, 2.45) is 7.05 Å². The number of hydrogen-bond donors (Lipinski definition) is 0. The minimum Gasteiger partial charge on any atom is -0.267 e. The molecule has 0 aliphatic rings. The lowest BCUT2D eigenvalue weighted by Crippen LogP contribution is -2.23. The predicted octanol–water partition coefficient (Wildman–Crippen LogP) is 0.828. The Bertz CT molecular complexity index is 319. The highest BCUT2D eigenvalue weighted by molar-refractivity contribution is 6.17. The van der Waals surface area contributed by atoms with Crippen molar-refractivity contribution in [3.63, 3.8) is 0 Å². The van der Waals surface area contributed by atoms with Crippen molar-refractivity contribution in [3.8, 4) is 0 Å². The Labute approximate surface area is 69.6 Å². The average molecular weight is 173 g/mol. The molecule has 1 aromatic heterocycles. The second-order valence-corrected chi connectivity index (χ2v) is 2.64. The number of aryl methyl sites for hydroxylation is 2. The predicted molar refractivity (Wildman–Crippen MR) is 43.8 cm³/mol. The van der Waals surface area contributed by atoms with Crippen LogP contribution in [0.5, 0.6) is 0 Å². The molecule has 0 aliphatic heterocycles. The zero-order valence-electron chi connectivity index (χ0n) is 6.47. The van der Waals surface area contributed by atoms with E-state index >= 15 is 0 Å². The first-order valence-corrected chi connectivity index (χ1v) is 3.78. The van der Waals surface area contributed by atoms with Crippen molar-refractivity contribution < 1.29 is 0 Å². The summed E-state index contributed by atoms with van der Waals surface area (Å²) in [6.07, 6.45) is 0. The number of hydrogen-bond acceptors (Lipinski definition) is 2. The van der Waals surface area contributed by atoms with Crippen LogP contribution >= 0.6 is 11.6 Å². The summed E-state index contributed by atoms with van der Waals surface area (Å²) in [6, 6.07) is 1.70. The third-order valence-electron chi connectivity index (χ3n) is 1.40. The van der Waals surface area contributed by atoms with Gasteiger partial charge in [-0.15, -0.1) is 11.6 Å². The smallest absolute Gasteiger partial charge is 0.267 e. The van der Waals surface area contributed by atoms with Crippen LogP contribution in [0.25, 0.3) is 0 Å². The van der Waals surface area contributed by atoms with Crippen LogP contribution in [-0.2, 0) is 12.9 Å². The van der Waals surface area contributed by atoms with Gasteiger partial charge >= 0.3 is 0 Å². The molecule has 0 N–H and O–H groups in total. The summed E-state index contributed by atoms with van der Waals surface area (Å²) in [5.41, 5.74) is 1.29. The van der Waals surface area contributed by atoms with Crippen LogP contribution in [0.2, 0.25) is 0 Å². The van der Waals surface area contributed by atoms with E-state index in [2.05, 4.69) is 5.10 Å². The van der Waals surface area contributed by atoms with Gasteiger partial charge in [-0.1, -0.05) is 0 Å². The molecule has 0 atom stereocenters. The normalized spacial score (nSPS) is 10.1. The second-order valence-electron chi connectivity index (χ2n) is 2.37. The van der Waals surface area contributed by atoms with Gasteiger partial charge in [-0.25, -0.2) is 4.68 Å². The first-order valence-electron chi connectivity index (χ1n) is 3.25. The zero-order chi connectivity index (χ0) is 8.43. The van der Waals surface area contributed by atoms with Gasteiger partial charge in [-0.3, -0.25) is 4.79 Å². The Balaban J connectivity index is 3.37. The second kappa shape index (κ2) is 3.05. The van der Waals surface area contributed by atoms with Crippen LogP contribution in [0.4, 0.5) is 0 Å². The van der Waals surface area contributed by atoms with E-state index in [4.69, 9.17) is 11.6 Å². The fourth-order valence-electron chi connectivity index (χ4n) is 0.928. The van der Waals surface area contributed by atoms with E-state index in [1.165, 1.54) is 4.68 Å². The SMILES string of the molecule is Cc1cc(CCl)c(=O)n(C)n1. The monoisotopic (exact) mass is 172 g/mol. The summed E-state index contributed by atoms with van der Waals surface area (Å²) in [6.45, 7) is 1.83. The molecule has 0 radical (unpaired) electrons. The molecule has 0 aliphatic carbocycles. The molecule has 1 heterocycles. The fraction of sp³-hybridized carbons (Fsp3) is 0.429. The van der Waals surface area contributed by atoms with E-state index in [-0.39, 0.29) is 11.4 Å². The lowest BCUT2D eigenvalue weighted by atomic mass is 10.3. The first-order chi connectivity index (χ1) is 5.15. The largest absolute Gasteiger partial charge is 0.270 e. The number of alkyl halides is 1. The zero-order valence-corrected chi connectivity index (χ0v) is 7.22. The highest BCUT2D eigenvalue weighted by Gasteiger charge is 2.00. The molecule has 0 fully saturated rings. The molecule has 0 aromatic carbocycles. The highest BCUT2D eigenvalue weighted by Crippen LogP contribution is 1.97. The van der Waals surface area contributed by atoms with Crippen molar-refractivity contribution in [2.75, 3.05) is 0 Å². The molecule has 0 saturated heterocycles. The first kappa shape index (κ1) is 8.27. The number of nitrogens with zero attached hydrogens (tertiary/aromatic N) is 2. The maximum Gasteiger partial charge on any atom is 0.270 e. The Morgan fingerprint density at radius 2 is 2.36 bits per heavy atom. The molecule has 0 spiro atoms. The van der Waals surface area contributed by atoms with E-state index in [0.717, 1.165) is 5.69 Å². The van der Waals surface area contributed by atoms with Gasteiger partial charge in [-0.2, -0.15) is 5.10 Å². The summed E-state index contributed by atoms with van der Waals surface area (Å²) in [4.78, 5) is 11.2. The molecule has 1 aromatic rings. The van der Waals surface area contributed by atoms with Crippen molar-refractivity contribution >= 4 is 11.6 Å². The summed E-state index contributed by atoms with van der Waals surface area (Å²) < 4.78 is 1.30. The van der Waals surface area contributed by atoms with Gasteiger partial charge in [0, 0.05) is 12.6 Å². The molecule has 1 rings (SSSR count). The molecule has 0 amide bonds. The molecule has 60 valence electrons. The van der Waals surface area contributed by atoms with Crippen LogP contribution in [0.15, 0.2) is 10.9 Å². The van der Waals surface area contributed by atoms with E-state index in [1.807, 2.05) is 6.92 Å². The molecule has 4 heteroatoms. The van der Waals surface area contributed by atoms with E-state index in [9.17, 15) is 4.79 Å². The van der Waals surface area contributed by atoms with Crippen LogP contribution in [0.3, 0.4) is 0 Å². The number of rotatable bonds is 1. The average Bonchev–Trinajstić information content (AvgIpc) is 1.96. The topological polar surface area (TPSA) is 34.9 Å². The summed E-state index contributed by atoms with van der Waals surface area (Å²) in [5, 5.41) is 3.93. The maximum absolute atomic E-state index is 11.2. The van der Waals surface area contributed by atoms with Crippen LogP contribution in [0.1, 0.15) is 11.3 Å². The fourth-order valence-corrected chi connectivity index (χ4v) is 1.12. The van der Waals surface area contributed by atoms with Gasteiger partial charge in [0.2, 0.25) is 0 Å². The minimum absolute atomic E-state index is 0.120. The maximum atomic E-state index is 11.2. The summed E-state index contributed by atoms with van der Waals surface area (Å²) >= 11 is 5.54. The van der Waals surface area contributed by atoms with Gasteiger partial charge in [0.25, 0.3) is 5.56 Å². The molecule has 0 unspecified atom stereocenters.